The Kier molecular flexibility index (Phi) is 17.9. The molecule has 10 nitrogen and oxygen atoms in total. The fourth-order valence-corrected chi connectivity index (χ4v) is 2.61. The summed E-state index contributed by atoms with van der Waals surface area (Å²) in [7, 11) is 0. The van der Waals surface area contributed by atoms with Crippen LogP contribution in [0.4, 0.5) is 4.79 Å². The van der Waals surface area contributed by atoms with Crippen LogP contribution in [0.1, 0.15) is 85.5 Å². The maximum atomic E-state index is 11.7. The molecule has 0 aromatic heterocycles. The van der Waals surface area contributed by atoms with Crippen LogP contribution >= 0.6 is 0 Å². The first-order valence-corrected chi connectivity index (χ1v) is 11.5. The molecule has 32 heavy (non-hydrogen) atoms. The van der Waals surface area contributed by atoms with Gasteiger partial charge in [0.2, 0.25) is 12.6 Å². The molecule has 0 rings (SSSR count). The molecule has 0 aliphatic heterocycles. The van der Waals surface area contributed by atoms with Gasteiger partial charge < -0.3 is 29.6 Å². The number of unbranched alkanes of at least 4 members (excludes halogenated alkanes) is 2. The first kappa shape index (κ1) is 29.6. The van der Waals surface area contributed by atoms with Crippen molar-refractivity contribution in [3.63, 3.8) is 0 Å². The first-order chi connectivity index (χ1) is 15.3. The molecule has 0 unspecified atom stereocenters. The third-order valence-corrected chi connectivity index (χ3v) is 4.11. The number of amides is 1. The highest BCUT2D eigenvalue weighted by Crippen LogP contribution is 2.03. The average Bonchev–Trinajstić information content (AvgIpc) is 2.69. The second kappa shape index (κ2) is 19.3. The van der Waals surface area contributed by atoms with Crippen molar-refractivity contribution in [2.24, 2.45) is 0 Å². The van der Waals surface area contributed by atoms with E-state index >= 15 is 0 Å². The number of hydrogen-bond acceptors (Lipinski definition) is 9. The number of esters is 3. The Labute approximate surface area is 191 Å². The van der Waals surface area contributed by atoms with E-state index < -0.39 is 24.6 Å². The van der Waals surface area contributed by atoms with Gasteiger partial charge in [-0.3, -0.25) is 14.4 Å². The van der Waals surface area contributed by atoms with Gasteiger partial charge in [0.05, 0.1) is 0 Å². The summed E-state index contributed by atoms with van der Waals surface area (Å²) >= 11 is 0. The smallest absolute Gasteiger partial charge is 0.410 e. The summed E-state index contributed by atoms with van der Waals surface area (Å²) in [5.41, 5.74) is 0. The Balaban J connectivity index is 3.55. The van der Waals surface area contributed by atoms with Crippen LogP contribution in [0, 0.1) is 0 Å². The molecule has 0 fully saturated rings. The van der Waals surface area contributed by atoms with Gasteiger partial charge in [0.15, 0.2) is 0 Å². The summed E-state index contributed by atoms with van der Waals surface area (Å²) in [5, 5.41) is 5.86. The lowest BCUT2D eigenvalue weighted by molar-refractivity contribution is -0.184. The van der Waals surface area contributed by atoms with Crippen molar-refractivity contribution in [2.45, 2.75) is 98.1 Å². The van der Waals surface area contributed by atoms with Gasteiger partial charge in [0.25, 0.3) is 0 Å². The van der Waals surface area contributed by atoms with Gasteiger partial charge in [0.1, 0.15) is 0 Å². The topological polar surface area (TPSA) is 129 Å². The number of rotatable bonds is 18. The summed E-state index contributed by atoms with van der Waals surface area (Å²) in [6.45, 7) is 8.72. The van der Waals surface area contributed by atoms with Crippen LogP contribution in [0.25, 0.3) is 0 Å². The van der Waals surface area contributed by atoms with E-state index in [0.717, 1.165) is 25.8 Å². The number of alkyl carbamates (subject to hydrolysis) is 1. The Hall–Kier alpha value is -2.36. The normalized spacial score (nSPS) is 12.4. The van der Waals surface area contributed by atoms with Gasteiger partial charge in [-0.1, -0.05) is 20.3 Å². The molecule has 2 atom stereocenters. The zero-order valence-corrected chi connectivity index (χ0v) is 19.9. The number of carbonyl (C=O) groups excluding carboxylic acids is 4. The van der Waals surface area contributed by atoms with Gasteiger partial charge in [0, 0.05) is 39.7 Å². The largest absolute Gasteiger partial charge is 0.425 e. The van der Waals surface area contributed by atoms with E-state index in [2.05, 4.69) is 10.6 Å². The predicted octanol–water partition coefficient (Wildman–Crippen LogP) is 3.17. The molecule has 0 saturated carbocycles. The fourth-order valence-electron chi connectivity index (χ4n) is 2.61. The minimum absolute atomic E-state index is 0.251. The van der Waals surface area contributed by atoms with E-state index in [9.17, 15) is 19.2 Å². The first-order valence-electron chi connectivity index (χ1n) is 11.5. The van der Waals surface area contributed by atoms with Crippen LogP contribution in [0.5, 0.6) is 0 Å². The number of hydrogen-bond donors (Lipinski definition) is 2. The van der Waals surface area contributed by atoms with Crippen LogP contribution in [0.2, 0.25) is 0 Å². The molecule has 0 spiro atoms. The number of carbonyl (C=O) groups is 4. The summed E-state index contributed by atoms with van der Waals surface area (Å²) in [5.74, 6) is -1.15. The highest BCUT2D eigenvalue weighted by molar-refractivity contribution is 5.71. The zero-order valence-electron chi connectivity index (χ0n) is 19.9. The van der Waals surface area contributed by atoms with Crippen molar-refractivity contribution in [1.29, 1.82) is 0 Å². The average molecular weight is 461 g/mol. The van der Waals surface area contributed by atoms with Crippen molar-refractivity contribution in [1.82, 2.24) is 10.6 Å². The quantitative estimate of drug-likeness (QED) is 0.180. The molecular weight excluding hydrogens is 420 g/mol. The van der Waals surface area contributed by atoms with Crippen molar-refractivity contribution in [3.8, 4) is 0 Å². The molecule has 0 aliphatic carbocycles. The van der Waals surface area contributed by atoms with Crippen LogP contribution in [-0.2, 0) is 33.3 Å². The highest BCUT2D eigenvalue weighted by Gasteiger charge is 2.14. The SMILES string of the molecule is CCCC(=O)O[C@@H](C)OC(=O)CCCNCCCCCNC(=O)O[C@H](C)OC(=O)CCC. The summed E-state index contributed by atoms with van der Waals surface area (Å²) in [6.07, 6.45) is 3.10. The third kappa shape index (κ3) is 18.4. The number of nitrogens with one attached hydrogen (secondary N) is 2. The standard InChI is InChI=1S/C22H40N2O8/c1-5-11-19(25)29-17(3)30-21(27)13-10-15-23-14-8-7-9-16-24-22(28)32-18(4)31-20(26)12-6-2/h17-18,23H,5-16H2,1-4H3,(H,24,28)/t17-,18-/m1/s1. The lowest BCUT2D eigenvalue weighted by Crippen LogP contribution is -2.30. The summed E-state index contributed by atoms with van der Waals surface area (Å²) in [4.78, 5) is 45.9. The van der Waals surface area contributed by atoms with Crippen LogP contribution in [-0.4, -0.2) is 56.2 Å². The maximum Gasteiger partial charge on any atom is 0.410 e. The molecule has 0 aliphatic rings. The zero-order chi connectivity index (χ0) is 24.2. The van der Waals surface area contributed by atoms with Crippen LogP contribution < -0.4 is 10.6 Å². The molecule has 0 aromatic carbocycles. The monoisotopic (exact) mass is 460 g/mol. The van der Waals surface area contributed by atoms with E-state index in [4.69, 9.17) is 18.9 Å². The Morgan fingerprint density at radius 3 is 1.66 bits per heavy atom. The van der Waals surface area contributed by atoms with Crippen molar-refractivity contribution < 1.29 is 38.1 Å². The van der Waals surface area contributed by atoms with Crippen LogP contribution in [0.3, 0.4) is 0 Å². The highest BCUT2D eigenvalue weighted by atomic mass is 16.7. The van der Waals surface area contributed by atoms with Gasteiger partial charge in [-0.05, 0) is 45.2 Å². The van der Waals surface area contributed by atoms with E-state index in [1.165, 1.54) is 13.8 Å². The second-order valence-corrected chi connectivity index (χ2v) is 7.35. The number of ether oxygens (including phenoxy) is 4. The van der Waals surface area contributed by atoms with Crippen LogP contribution in [0.15, 0.2) is 0 Å². The molecule has 0 heterocycles. The molecule has 186 valence electrons. The van der Waals surface area contributed by atoms with Crippen molar-refractivity contribution >= 4 is 24.0 Å². The molecule has 2 N–H and O–H groups in total. The lowest BCUT2D eigenvalue weighted by Gasteiger charge is -2.14. The molecule has 0 saturated heterocycles. The molecule has 10 heteroatoms. The minimum atomic E-state index is -0.908. The Bertz CT molecular complexity index is 508. The molecule has 0 bridgehead atoms. The molecule has 1 amide bonds. The van der Waals surface area contributed by atoms with Crippen molar-refractivity contribution in [2.75, 3.05) is 19.6 Å². The molecular formula is C22H40N2O8. The summed E-state index contributed by atoms with van der Waals surface area (Å²) in [6, 6.07) is 0. The van der Waals surface area contributed by atoms with Gasteiger partial charge in [-0.2, -0.15) is 0 Å². The molecule has 0 radical (unpaired) electrons. The fraction of sp³-hybridized carbons (Fsp3) is 0.818. The molecule has 0 aromatic rings. The second-order valence-electron chi connectivity index (χ2n) is 7.35. The lowest BCUT2D eigenvalue weighted by atomic mass is 10.2. The Morgan fingerprint density at radius 2 is 1.09 bits per heavy atom. The van der Waals surface area contributed by atoms with Crippen molar-refractivity contribution in [3.05, 3.63) is 0 Å². The van der Waals surface area contributed by atoms with E-state index in [0.29, 0.717) is 45.2 Å². The van der Waals surface area contributed by atoms with Gasteiger partial charge in [-0.15, -0.1) is 0 Å². The maximum absolute atomic E-state index is 11.7. The predicted molar refractivity (Wildman–Crippen MR) is 117 cm³/mol. The van der Waals surface area contributed by atoms with Gasteiger partial charge >= 0.3 is 24.0 Å². The Morgan fingerprint density at radius 1 is 0.625 bits per heavy atom. The summed E-state index contributed by atoms with van der Waals surface area (Å²) < 4.78 is 19.9. The van der Waals surface area contributed by atoms with E-state index in [1.54, 1.807) is 0 Å². The minimum Gasteiger partial charge on any atom is -0.425 e. The third-order valence-electron chi connectivity index (χ3n) is 4.11. The van der Waals surface area contributed by atoms with E-state index in [-0.39, 0.29) is 18.4 Å². The van der Waals surface area contributed by atoms with Gasteiger partial charge in [-0.25, -0.2) is 4.79 Å². The van der Waals surface area contributed by atoms with E-state index in [1.807, 2.05) is 13.8 Å².